The highest BCUT2D eigenvalue weighted by Gasteiger charge is 2.11. The maximum atomic E-state index is 13.3. The second kappa shape index (κ2) is 4.09. The normalized spacial score (nSPS) is 9.71. The minimum Gasteiger partial charge on any atom is -0.497 e. The largest absolute Gasteiger partial charge is 0.497 e. The van der Waals surface area contributed by atoms with Gasteiger partial charge in [0.2, 0.25) is 0 Å². The van der Waals surface area contributed by atoms with Crippen LogP contribution in [0, 0.1) is 5.82 Å². The second-order valence-electron chi connectivity index (χ2n) is 3.05. The van der Waals surface area contributed by atoms with E-state index in [1.54, 1.807) is 25.1 Å². The number of halogens is 1. The van der Waals surface area contributed by atoms with Crippen molar-refractivity contribution in [3.05, 3.63) is 23.5 Å². The number of ether oxygens (including phenoxy) is 1. The van der Waals surface area contributed by atoms with E-state index in [1.807, 2.05) is 0 Å². The first-order chi connectivity index (χ1) is 6.60. The number of hydrogen-bond donors (Lipinski definition) is 0. The van der Waals surface area contributed by atoms with E-state index in [4.69, 9.17) is 4.74 Å². The lowest BCUT2D eigenvalue weighted by Crippen LogP contribution is -2.12. The van der Waals surface area contributed by atoms with Gasteiger partial charge in [-0.1, -0.05) is 0 Å². The van der Waals surface area contributed by atoms with Crippen molar-refractivity contribution in [3.8, 4) is 5.75 Å². The molecule has 4 heteroatoms. The number of aldehydes is 1. The average molecular weight is 197 g/mol. The molecule has 14 heavy (non-hydrogen) atoms. The number of benzene rings is 1. The van der Waals surface area contributed by atoms with E-state index in [2.05, 4.69) is 0 Å². The van der Waals surface area contributed by atoms with Gasteiger partial charge in [-0.15, -0.1) is 0 Å². The Hall–Kier alpha value is -1.58. The molecule has 0 radical (unpaired) electrons. The molecule has 0 aliphatic heterocycles. The summed E-state index contributed by atoms with van der Waals surface area (Å²) in [5, 5.41) is 0. The first-order valence-electron chi connectivity index (χ1n) is 4.10. The average Bonchev–Trinajstić information content (AvgIpc) is 2.16. The zero-order valence-electron chi connectivity index (χ0n) is 8.37. The molecular weight excluding hydrogens is 185 g/mol. The first kappa shape index (κ1) is 10.5. The molecule has 0 spiro atoms. The third-order valence-electron chi connectivity index (χ3n) is 1.92. The van der Waals surface area contributed by atoms with Crippen LogP contribution in [-0.2, 0) is 0 Å². The minimum atomic E-state index is -0.567. The van der Waals surface area contributed by atoms with E-state index < -0.39 is 5.82 Å². The summed E-state index contributed by atoms with van der Waals surface area (Å²) in [5.41, 5.74) is 0.563. The van der Waals surface area contributed by atoms with Gasteiger partial charge in [0, 0.05) is 26.2 Å². The number of rotatable bonds is 3. The molecule has 0 fully saturated rings. The molecule has 0 unspecified atom stereocenters. The molecule has 0 aliphatic rings. The van der Waals surface area contributed by atoms with Crippen LogP contribution in [-0.4, -0.2) is 27.5 Å². The van der Waals surface area contributed by atoms with Crippen molar-refractivity contribution in [3.63, 3.8) is 0 Å². The summed E-state index contributed by atoms with van der Waals surface area (Å²) < 4.78 is 18.2. The fourth-order valence-corrected chi connectivity index (χ4v) is 1.18. The summed E-state index contributed by atoms with van der Waals surface area (Å²) in [4.78, 5) is 12.3. The van der Waals surface area contributed by atoms with Crippen molar-refractivity contribution in [1.29, 1.82) is 0 Å². The highest BCUT2D eigenvalue weighted by molar-refractivity contribution is 5.85. The number of nitrogens with zero attached hydrogens (tertiary/aromatic N) is 1. The summed E-state index contributed by atoms with van der Waals surface area (Å²) in [6.07, 6.45) is 0.504. The molecule has 0 heterocycles. The van der Waals surface area contributed by atoms with Crippen molar-refractivity contribution in [2.45, 2.75) is 0 Å². The van der Waals surface area contributed by atoms with Gasteiger partial charge in [0.25, 0.3) is 0 Å². The summed E-state index contributed by atoms with van der Waals surface area (Å²) in [5.74, 6) is -0.167. The Morgan fingerprint density at radius 2 is 2.07 bits per heavy atom. The maximum absolute atomic E-state index is 13.3. The number of carbonyl (C=O) groups excluding carboxylic acids is 1. The van der Waals surface area contributed by atoms with Crippen LogP contribution in [0.4, 0.5) is 10.1 Å². The molecule has 0 amide bonds. The second-order valence-corrected chi connectivity index (χ2v) is 3.05. The molecule has 0 saturated carbocycles. The lowest BCUT2D eigenvalue weighted by molar-refractivity contribution is 0.112. The van der Waals surface area contributed by atoms with Crippen molar-refractivity contribution in [2.75, 3.05) is 26.1 Å². The highest BCUT2D eigenvalue weighted by atomic mass is 19.1. The number of carbonyl (C=O) groups is 1. The van der Waals surface area contributed by atoms with Gasteiger partial charge >= 0.3 is 0 Å². The molecule has 0 aliphatic carbocycles. The Bertz CT molecular complexity index is 350. The SMILES string of the molecule is COc1cc(F)c(C=O)c(N(C)C)c1. The summed E-state index contributed by atoms with van der Waals surface area (Å²) in [6, 6.07) is 2.81. The monoisotopic (exact) mass is 197 g/mol. The molecular formula is C10H12FNO2. The van der Waals surface area contributed by atoms with E-state index in [-0.39, 0.29) is 5.56 Å². The van der Waals surface area contributed by atoms with Crippen molar-refractivity contribution >= 4 is 12.0 Å². The Kier molecular flexibility index (Phi) is 3.06. The van der Waals surface area contributed by atoms with Crippen LogP contribution in [0.25, 0.3) is 0 Å². The minimum absolute atomic E-state index is 0.0517. The van der Waals surface area contributed by atoms with Gasteiger partial charge in [-0.25, -0.2) is 4.39 Å². The maximum Gasteiger partial charge on any atom is 0.155 e. The van der Waals surface area contributed by atoms with E-state index in [0.717, 1.165) is 0 Å². The van der Waals surface area contributed by atoms with Gasteiger partial charge in [-0.3, -0.25) is 4.79 Å². The van der Waals surface area contributed by atoms with Crippen molar-refractivity contribution in [2.24, 2.45) is 0 Å². The van der Waals surface area contributed by atoms with Crippen LogP contribution in [0.5, 0.6) is 5.75 Å². The van der Waals surface area contributed by atoms with Gasteiger partial charge in [0.1, 0.15) is 11.6 Å². The molecule has 0 N–H and O–H groups in total. The smallest absolute Gasteiger partial charge is 0.155 e. The summed E-state index contributed by atoms with van der Waals surface area (Å²) >= 11 is 0. The third kappa shape index (κ3) is 1.84. The fraction of sp³-hybridized carbons (Fsp3) is 0.300. The van der Waals surface area contributed by atoms with Gasteiger partial charge in [-0.2, -0.15) is 0 Å². The topological polar surface area (TPSA) is 29.5 Å². The molecule has 0 saturated heterocycles. The molecule has 76 valence electrons. The predicted molar refractivity (Wildman–Crippen MR) is 52.7 cm³/mol. The van der Waals surface area contributed by atoms with E-state index in [0.29, 0.717) is 17.7 Å². The Labute approximate surface area is 82.1 Å². The van der Waals surface area contributed by atoms with Gasteiger partial charge < -0.3 is 9.64 Å². The Balaban J connectivity index is 3.35. The quantitative estimate of drug-likeness (QED) is 0.691. The zero-order valence-corrected chi connectivity index (χ0v) is 8.37. The standard InChI is InChI=1S/C10H12FNO2/c1-12(2)10-5-7(14-3)4-9(11)8(10)6-13/h4-6H,1-3H3. The third-order valence-corrected chi connectivity index (χ3v) is 1.92. The van der Waals surface area contributed by atoms with Crippen molar-refractivity contribution < 1.29 is 13.9 Å². The van der Waals surface area contributed by atoms with Crippen LogP contribution in [0.1, 0.15) is 10.4 Å². The predicted octanol–water partition coefficient (Wildman–Crippen LogP) is 1.71. The van der Waals surface area contributed by atoms with Crippen molar-refractivity contribution in [1.82, 2.24) is 0 Å². The lowest BCUT2D eigenvalue weighted by Gasteiger charge is -2.16. The summed E-state index contributed by atoms with van der Waals surface area (Å²) in [7, 11) is 4.93. The summed E-state index contributed by atoms with van der Waals surface area (Å²) in [6.45, 7) is 0. The number of methoxy groups -OCH3 is 1. The molecule has 3 nitrogen and oxygen atoms in total. The molecule has 1 aromatic carbocycles. The van der Waals surface area contributed by atoms with E-state index in [1.165, 1.54) is 13.2 Å². The van der Waals surface area contributed by atoms with Crippen LogP contribution < -0.4 is 9.64 Å². The molecule has 1 aromatic rings. The first-order valence-corrected chi connectivity index (χ1v) is 4.10. The Morgan fingerprint density at radius 3 is 2.50 bits per heavy atom. The lowest BCUT2D eigenvalue weighted by atomic mass is 10.1. The molecule has 0 bridgehead atoms. The number of hydrogen-bond acceptors (Lipinski definition) is 3. The van der Waals surface area contributed by atoms with Crippen LogP contribution >= 0.6 is 0 Å². The number of anilines is 1. The molecule has 0 atom stereocenters. The van der Waals surface area contributed by atoms with Gasteiger partial charge in [-0.05, 0) is 0 Å². The molecule has 1 rings (SSSR count). The van der Waals surface area contributed by atoms with E-state index in [9.17, 15) is 9.18 Å². The Morgan fingerprint density at radius 1 is 1.43 bits per heavy atom. The molecule has 0 aromatic heterocycles. The van der Waals surface area contributed by atoms with Gasteiger partial charge in [0.05, 0.1) is 18.4 Å². The van der Waals surface area contributed by atoms with Crippen LogP contribution in [0.2, 0.25) is 0 Å². The van der Waals surface area contributed by atoms with E-state index >= 15 is 0 Å². The van der Waals surface area contributed by atoms with Gasteiger partial charge in [0.15, 0.2) is 6.29 Å². The zero-order chi connectivity index (χ0) is 10.7. The fourth-order valence-electron chi connectivity index (χ4n) is 1.18. The van der Waals surface area contributed by atoms with Crippen LogP contribution in [0.3, 0.4) is 0 Å². The van der Waals surface area contributed by atoms with Crippen LogP contribution in [0.15, 0.2) is 12.1 Å². The highest BCUT2D eigenvalue weighted by Crippen LogP contribution is 2.26.